The maximum atomic E-state index is 7.83. The molecule has 0 aliphatic carbocycles. The molecule has 1 atom stereocenters. The lowest BCUT2D eigenvalue weighted by molar-refractivity contribution is -0.997. The summed E-state index contributed by atoms with van der Waals surface area (Å²) in [5.74, 6) is 0.988. The maximum Gasteiger partial charge on any atom is 0.499 e. The molecule has 10 aromatic rings. The van der Waals surface area contributed by atoms with Gasteiger partial charge in [0.1, 0.15) is 16.8 Å². The van der Waals surface area contributed by atoms with Crippen LogP contribution in [0.1, 0.15) is 29.2 Å². The Morgan fingerprint density at radius 2 is 1.16 bits per heavy atom. The average molecular weight is 810 g/mol. The smallest absolute Gasteiger partial charge is 0.392 e. The van der Waals surface area contributed by atoms with Crippen LogP contribution in [-0.2, 0) is 12.3 Å². The number of aromatic nitrogens is 3. The quantitative estimate of drug-likeness (QED) is 0.153. The van der Waals surface area contributed by atoms with E-state index in [1.807, 2.05) is 0 Å². The van der Waals surface area contributed by atoms with Crippen LogP contribution in [0.3, 0.4) is 0 Å². The number of hydrogen-bond donors (Lipinski definition) is 0. The van der Waals surface area contributed by atoms with E-state index in [0.717, 1.165) is 57.1 Å². The minimum atomic E-state index is -1.04. The molecule has 3 aliphatic heterocycles. The number of aryl methyl sites for hydroxylation is 3. The van der Waals surface area contributed by atoms with Crippen LogP contribution in [0.4, 0.5) is 0 Å². The molecule has 8 aromatic carbocycles. The fraction of sp³-hybridized carbons (Fsp3) is 0.0847. The zero-order valence-electron chi connectivity index (χ0n) is 35.4. The summed E-state index contributed by atoms with van der Waals surface area (Å²) in [4.78, 5) is 0. The maximum absolute atomic E-state index is 7.83. The van der Waals surface area contributed by atoms with Crippen molar-refractivity contribution < 1.29 is 13.9 Å². The van der Waals surface area contributed by atoms with Gasteiger partial charge >= 0.3 is 11.7 Å². The molecule has 13 rings (SSSR count). The second-order valence-electron chi connectivity index (χ2n) is 17.3. The molecule has 63 heavy (non-hydrogen) atoms. The van der Waals surface area contributed by atoms with Crippen LogP contribution < -0.4 is 13.9 Å². The first-order valence-corrected chi connectivity index (χ1v) is 22.1. The van der Waals surface area contributed by atoms with Crippen molar-refractivity contribution in [2.24, 2.45) is 0 Å². The Kier molecular flexibility index (Phi) is 7.60. The van der Waals surface area contributed by atoms with Crippen molar-refractivity contribution in [2.45, 2.75) is 33.0 Å². The van der Waals surface area contributed by atoms with Crippen LogP contribution in [0.2, 0.25) is 0 Å². The van der Waals surface area contributed by atoms with Crippen molar-refractivity contribution in [3.8, 4) is 89.7 Å². The van der Waals surface area contributed by atoms with Crippen LogP contribution in [0.25, 0.3) is 95.0 Å². The zero-order valence-corrected chi connectivity index (χ0v) is 35.4. The fourth-order valence-electron chi connectivity index (χ4n) is 10.9. The van der Waals surface area contributed by atoms with Gasteiger partial charge in [-0.05, 0) is 130 Å². The highest BCUT2D eigenvalue weighted by atomic mass is 16.5. The number of hydrogen-bond acceptors (Lipinski definition) is 1. The number of rotatable bonds is 6. The number of nitrogens with zero attached hydrogens (tertiary/aromatic N) is 3. The molecule has 0 saturated heterocycles. The van der Waals surface area contributed by atoms with E-state index in [2.05, 4.69) is 229 Å². The lowest BCUT2D eigenvalue weighted by Crippen LogP contribution is -2.78. The minimum absolute atomic E-state index is 0.912. The van der Waals surface area contributed by atoms with Crippen molar-refractivity contribution in [1.82, 2.24) is 4.57 Å². The predicted octanol–water partition coefficient (Wildman–Crippen LogP) is 13.3. The fourth-order valence-corrected chi connectivity index (χ4v) is 10.9. The van der Waals surface area contributed by atoms with Gasteiger partial charge in [-0.2, -0.15) is 4.57 Å². The largest absolute Gasteiger partial charge is 0.499 e. The molecule has 4 nitrogen and oxygen atoms in total. The van der Waals surface area contributed by atoms with Gasteiger partial charge in [-0.25, -0.2) is 0 Å². The predicted molar refractivity (Wildman–Crippen MR) is 254 cm³/mol. The number of imidazole rings is 1. The van der Waals surface area contributed by atoms with Gasteiger partial charge < -0.3 is 4.74 Å². The first-order chi connectivity index (χ1) is 31.0. The van der Waals surface area contributed by atoms with Gasteiger partial charge in [-0.15, -0.1) is 9.13 Å². The molecule has 4 heteroatoms. The van der Waals surface area contributed by atoms with E-state index >= 15 is 0 Å². The zero-order chi connectivity index (χ0) is 42.0. The van der Waals surface area contributed by atoms with Gasteiger partial charge in [0, 0.05) is 23.3 Å². The summed E-state index contributed by atoms with van der Waals surface area (Å²) in [5, 5.41) is 0. The molecule has 1 spiro atoms. The standard InChI is InChI=1S/C59H43N3O/c1-4-39-33-47(27-28-48(39)44-19-12-7-13-20-44)61-53-22-14-21-49-50-34-46(41-17-10-6-11-18-41)35-51-54-36-45(43-25-23-42(24-26-43)40-15-8-5-9-16-40)29-30-60(54)59(55(50)51)62(56(49)53)58(61)52-32-37(2)31-38(3)57(52)63-59/h5-36H,4H2,1-3H3/q+2. The van der Waals surface area contributed by atoms with Crippen molar-refractivity contribution in [3.05, 3.63) is 217 Å². The van der Waals surface area contributed by atoms with E-state index in [-0.39, 0.29) is 0 Å². The number of ether oxygens (including phenoxy) is 1. The van der Waals surface area contributed by atoms with Crippen LogP contribution >= 0.6 is 0 Å². The lowest BCUT2D eigenvalue weighted by atomic mass is 9.85. The van der Waals surface area contributed by atoms with Crippen LogP contribution in [0, 0.1) is 13.8 Å². The van der Waals surface area contributed by atoms with E-state index in [9.17, 15) is 0 Å². The number of benzene rings is 8. The van der Waals surface area contributed by atoms with Gasteiger partial charge in [0.05, 0.1) is 5.56 Å². The van der Waals surface area contributed by atoms with E-state index in [1.165, 1.54) is 72.3 Å². The summed E-state index contributed by atoms with van der Waals surface area (Å²) >= 11 is 0. The Hall–Kier alpha value is -7.82. The number of para-hydroxylation sites is 1. The SMILES string of the molecule is CCc1cc(-n2c3[n+]4c5c(cccc52)-c2cc(-c5ccccc5)cc5c2C4(Oc2c(C)cc(C)cc2-3)[n+]2ccc(-c3ccc(-c4ccccc4)cc3)cc2-5)ccc1-c1ccccc1. The van der Waals surface area contributed by atoms with Crippen LogP contribution in [0.15, 0.2) is 194 Å². The average Bonchev–Trinajstić information content (AvgIpc) is 3.84. The Bertz CT molecular complexity index is 3520. The van der Waals surface area contributed by atoms with E-state index < -0.39 is 5.85 Å². The van der Waals surface area contributed by atoms with Gasteiger partial charge in [0.25, 0.3) is 0 Å². The van der Waals surface area contributed by atoms with E-state index in [1.54, 1.807) is 0 Å². The first kappa shape index (κ1) is 35.9. The highest BCUT2D eigenvalue weighted by molar-refractivity contribution is 5.99. The molecule has 0 radical (unpaired) electrons. The summed E-state index contributed by atoms with van der Waals surface area (Å²) in [6.45, 7) is 6.66. The van der Waals surface area contributed by atoms with Gasteiger partial charge in [0.15, 0.2) is 23.0 Å². The molecule has 0 N–H and O–H groups in total. The minimum Gasteiger partial charge on any atom is -0.392 e. The summed E-state index contributed by atoms with van der Waals surface area (Å²) in [5.41, 5.74) is 23.7. The summed E-state index contributed by atoms with van der Waals surface area (Å²) < 4.78 is 15.3. The van der Waals surface area contributed by atoms with Gasteiger partial charge in [-0.3, -0.25) is 0 Å². The monoisotopic (exact) mass is 809 g/mol. The third-order valence-electron chi connectivity index (χ3n) is 13.7. The van der Waals surface area contributed by atoms with Crippen molar-refractivity contribution in [2.75, 3.05) is 0 Å². The van der Waals surface area contributed by atoms with Crippen LogP contribution in [0.5, 0.6) is 5.75 Å². The molecule has 0 saturated carbocycles. The Morgan fingerprint density at radius 3 is 1.87 bits per heavy atom. The van der Waals surface area contributed by atoms with Crippen LogP contribution in [-0.4, -0.2) is 4.57 Å². The second kappa shape index (κ2) is 13.3. The molecule has 0 fully saturated rings. The van der Waals surface area contributed by atoms with Crippen molar-refractivity contribution in [3.63, 3.8) is 0 Å². The molecule has 5 heterocycles. The van der Waals surface area contributed by atoms with E-state index in [4.69, 9.17) is 4.74 Å². The topological polar surface area (TPSA) is 21.9 Å². The molecular weight excluding hydrogens is 767 g/mol. The normalized spacial score (nSPS) is 14.8. The summed E-state index contributed by atoms with van der Waals surface area (Å²) in [7, 11) is 0. The van der Waals surface area contributed by atoms with Gasteiger partial charge in [-0.1, -0.05) is 134 Å². The Balaban J connectivity index is 1.12. The molecule has 2 aromatic heterocycles. The molecule has 0 amide bonds. The lowest BCUT2D eigenvalue weighted by Gasteiger charge is -2.33. The second-order valence-corrected chi connectivity index (χ2v) is 17.3. The van der Waals surface area contributed by atoms with Gasteiger partial charge in [0.2, 0.25) is 5.69 Å². The molecule has 0 bridgehead atoms. The third kappa shape index (κ3) is 5.03. The molecule has 3 aliphatic rings. The molecular formula is C59H43N3O+2. The number of fused-ring (bicyclic) bond motifs is 5. The molecule has 1 unspecified atom stereocenters. The molecule has 298 valence electrons. The van der Waals surface area contributed by atoms with Crippen molar-refractivity contribution >= 4 is 11.0 Å². The summed E-state index contributed by atoms with van der Waals surface area (Å²) in [6.07, 6.45) is 3.19. The first-order valence-electron chi connectivity index (χ1n) is 22.1. The number of pyridine rings is 1. The highest BCUT2D eigenvalue weighted by Gasteiger charge is 2.68. The summed E-state index contributed by atoms with van der Waals surface area (Å²) in [6, 6.07) is 69.1. The Morgan fingerprint density at radius 1 is 0.508 bits per heavy atom. The van der Waals surface area contributed by atoms with E-state index in [0.29, 0.717) is 0 Å². The Labute approximate surface area is 367 Å². The highest BCUT2D eigenvalue weighted by Crippen LogP contribution is 2.55. The third-order valence-corrected chi connectivity index (χ3v) is 13.7. The van der Waals surface area contributed by atoms with Crippen molar-refractivity contribution in [1.29, 1.82) is 0 Å².